The lowest BCUT2D eigenvalue weighted by atomic mass is 10.1. The van der Waals surface area contributed by atoms with Gasteiger partial charge in [-0.3, -0.25) is 14.5 Å². The third kappa shape index (κ3) is 6.28. The zero-order valence-corrected chi connectivity index (χ0v) is 22.4. The van der Waals surface area contributed by atoms with Crippen LogP contribution in [0.2, 0.25) is 5.02 Å². The smallest absolute Gasteiger partial charge is 0.293 e. The second-order valence-electron chi connectivity index (χ2n) is 7.92. The van der Waals surface area contributed by atoms with E-state index in [2.05, 4.69) is 15.9 Å². The summed E-state index contributed by atoms with van der Waals surface area (Å²) in [5, 5.41) is 0.291. The Bertz CT molecular complexity index is 1280. The van der Waals surface area contributed by atoms with Crippen molar-refractivity contribution in [3.05, 3.63) is 97.3 Å². The average molecular weight is 573 g/mol. The summed E-state index contributed by atoms with van der Waals surface area (Å²) in [5.74, 6) is 0.821. The molecule has 2 amide bonds. The molecule has 1 fully saturated rings. The number of hydrogen-bond donors (Lipinski definition) is 0. The van der Waals surface area contributed by atoms with E-state index in [9.17, 15) is 9.59 Å². The lowest BCUT2D eigenvalue weighted by molar-refractivity contribution is -0.123. The summed E-state index contributed by atoms with van der Waals surface area (Å²) in [6.45, 7) is 4.99. The maximum Gasteiger partial charge on any atom is 0.293 e. The standard InChI is InChI=1S/C27H23BrClNO4S/c1-3-33-23-12-20(22(28)14-24(23)34-16-19-6-4-17(2)5-7-19)13-25-26(31)30(27(32)35-25)15-18-8-10-21(29)11-9-18/h4-14H,3,15-16H2,1-2H3/b25-13-. The van der Waals surface area contributed by atoms with Crippen LogP contribution >= 0.6 is 39.3 Å². The van der Waals surface area contributed by atoms with E-state index in [1.54, 1.807) is 30.3 Å². The number of hydrogen-bond acceptors (Lipinski definition) is 5. The van der Waals surface area contributed by atoms with Crippen molar-refractivity contribution in [1.82, 2.24) is 4.90 Å². The number of rotatable bonds is 8. The fourth-order valence-electron chi connectivity index (χ4n) is 3.44. The molecule has 1 aliphatic heterocycles. The van der Waals surface area contributed by atoms with Gasteiger partial charge >= 0.3 is 0 Å². The van der Waals surface area contributed by atoms with Crippen molar-refractivity contribution < 1.29 is 19.1 Å². The molecule has 0 radical (unpaired) electrons. The minimum Gasteiger partial charge on any atom is -0.490 e. The molecule has 35 heavy (non-hydrogen) atoms. The first-order chi connectivity index (χ1) is 16.8. The Labute approximate surface area is 222 Å². The van der Waals surface area contributed by atoms with Gasteiger partial charge in [0.15, 0.2) is 11.5 Å². The van der Waals surface area contributed by atoms with Gasteiger partial charge in [0.25, 0.3) is 11.1 Å². The molecule has 0 spiro atoms. The highest BCUT2D eigenvalue weighted by Crippen LogP contribution is 2.39. The van der Waals surface area contributed by atoms with E-state index >= 15 is 0 Å². The Balaban J connectivity index is 1.54. The molecule has 1 saturated heterocycles. The average Bonchev–Trinajstić information content (AvgIpc) is 3.10. The van der Waals surface area contributed by atoms with Crippen molar-refractivity contribution in [3.8, 4) is 11.5 Å². The molecule has 3 aromatic rings. The number of aryl methyl sites for hydroxylation is 1. The molecule has 0 saturated carbocycles. The number of imide groups is 1. The number of amides is 2. The molecular weight excluding hydrogens is 550 g/mol. The van der Waals surface area contributed by atoms with Crippen LogP contribution in [0, 0.1) is 6.92 Å². The topological polar surface area (TPSA) is 55.8 Å². The molecule has 8 heteroatoms. The van der Waals surface area contributed by atoms with Crippen LogP contribution in [0.25, 0.3) is 6.08 Å². The normalized spacial score (nSPS) is 14.6. The maximum atomic E-state index is 13.0. The third-order valence-electron chi connectivity index (χ3n) is 5.29. The molecule has 1 heterocycles. The van der Waals surface area contributed by atoms with E-state index in [0.717, 1.165) is 27.4 Å². The van der Waals surface area contributed by atoms with Gasteiger partial charge in [-0.15, -0.1) is 0 Å². The molecule has 0 N–H and O–H groups in total. The van der Waals surface area contributed by atoms with Crippen molar-refractivity contribution in [1.29, 1.82) is 0 Å². The van der Waals surface area contributed by atoms with Gasteiger partial charge in [0.05, 0.1) is 18.1 Å². The summed E-state index contributed by atoms with van der Waals surface area (Å²) in [6, 6.07) is 18.8. The Morgan fingerprint density at radius 3 is 2.31 bits per heavy atom. The van der Waals surface area contributed by atoms with Crippen LogP contribution in [0.3, 0.4) is 0 Å². The maximum absolute atomic E-state index is 13.0. The molecule has 4 rings (SSSR count). The Hall–Kier alpha value is -2.74. The Morgan fingerprint density at radius 2 is 1.63 bits per heavy atom. The highest BCUT2D eigenvalue weighted by Gasteiger charge is 2.35. The number of benzene rings is 3. The van der Waals surface area contributed by atoms with Crippen LogP contribution in [0.4, 0.5) is 4.79 Å². The SMILES string of the molecule is CCOc1cc(/C=C2\SC(=O)N(Cc3ccc(Cl)cc3)C2=O)c(Br)cc1OCc1ccc(C)cc1. The Morgan fingerprint density at radius 1 is 0.971 bits per heavy atom. The van der Waals surface area contributed by atoms with Crippen LogP contribution in [0.15, 0.2) is 70.0 Å². The lowest BCUT2D eigenvalue weighted by Crippen LogP contribution is -2.27. The molecule has 0 atom stereocenters. The number of carbonyl (C=O) groups excluding carboxylic acids is 2. The van der Waals surface area contributed by atoms with Crippen LogP contribution in [-0.2, 0) is 17.9 Å². The molecule has 0 unspecified atom stereocenters. The van der Waals surface area contributed by atoms with Crippen molar-refractivity contribution in [2.75, 3.05) is 6.61 Å². The second-order valence-corrected chi connectivity index (χ2v) is 10.2. The number of ether oxygens (including phenoxy) is 2. The van der Waals surface area contributed by atoms with Crippen molar-refractivity contribution in [3.63, 3.8) is 0 Å². The van der Waals surface area contributed by atoms with Crippen LogP contribution in [0.1, 0.15) is 29.2 Å². The van der Waals surface area contributed by atoms with Crippen molar-refractivity contribution in [2.24, 2.45) is 0 Å². The molecule has 3 aromatic carbocycles. The van der Waals surface area contributed by atoms with Gasteiger partial charge in [-0.05, 0) is 72.6 Å². The largest absolute Gasteiger partial charge is 0.490 e. The summed E-state index contributed by atoms with van der Waals surface area (Å²) < 4.78 is 12.6. The molecule has 5 nitrogen and oxygen atoms in total. The number of carbonyl (C=O) groups is 2. The first kappa shape index (κ1) is 25.4. The van der Waals surface area contributed by atoms with E-state index in [-0.39, 0.29) is 17.7 Å². The molecular formula is C27H23BrClNO4S. The highest BCUT2D eigenvalue weighted by atomic mass is 79.9. The van der Waals surface area contributed by atoms with E-state index in [4.69, 9.17) is 21.1 Å². The van der Waals surface area contributed by atoms with Crippen LogP contribution < -0.4 is 9.47 Å². The van der Waals surface area contributed by atoms with Gasteiger partial charge in [0.2, 0.25) is 0 Å². The van der Waals surface area contributed by atoms with Crippen molar-refractivity contribution in [2.45, 2.75) is 27.0 Å². The first-order valence-corrected chi connectivity index (χ1v) is 13.0. The van der Waals surface area contributed by atoms with E-state index in [1.165, 1.54) is 10.5 Å². The van der Waals surface area contributed by atoms with Crippen LogP contribution in [-0.4, -0.2) is 22.7 Å². The van der Waals surface area contributed by atoms with Gasteiger partial charge in [0, 0.05) is 9.50 Å². The minimum atomic E-state index is -0.334. The minimum absolute atomic E-state index is 0.191. The quantitative estimate of drug-likeness (QED) is 0.260. The summed E-state index contributed by atoms with van der Waals surface area (Å²) in [7, 11) is 0. The lowest BCUT2D eigenvalue weighted by Gasteiger charge is -2.14. The van der Waals surface area contributed by atoms with E-state index in [1.807, 2.05) is 50.2 Å². The Kier molecular flexibility index (Phi) is 8.21. The monoisotopic (exact) mass is 571 g/mol. The highest BCUT2D eigenvalue weighted by molar-refractivity contribution is 9.10. The van der Waals surface area contributed by atoms with Gasteiger partial charge < -0.3 is 9.47 Å². The van der Waals surface area contributed by atoms with Gasteiger partial charge in [0.1, 0.15) is 6.61 Å². The zero-order valence-electron chi connectivity index (χ0n) is 19.2. The molecule has 1 aliphatic rings. The third-order valence-corrected chi connectivity index (χ3v) is 7.14. The van der Waals surface area contributed by atoms with Crippen molar-refractivity contribution >= 4 is 56.5 Å². The number of halogens is 2. The molecule has 0 aliphatic carbocycles. The molecule has 0 bridgehead atoms. The van der Waals surface area contributed by atoms with E-state index in [0.29, 0.717) is 40.2 Å². The predicted molar refractivity (Wildman–Crippen MR) is 144 cm³/mol. The summed E-state index contributed by atoms with van der Waals surface area (Å²) in [4.78, 5) is 27.1. The van der Waals surface area contributed by atoms with E-state index < -0.39 is 0 Å². The first-order valence-electron chi connectivity index (χ1n) is 11.0. The van der Waals surface area contributed by atoms with Crippen LogP contribution in [0.5, 0.6) is 11.5 Å². The number of nitrogens with zero attached hydrogens (tertiary/aromatic N) is 1. The zero-order chi connectivity index (χ0) is 24.9. The molecule has 0 aromatic heterocycles. The van der Waals surface area contributed by atoms with Gasteiger partial charge in [-0.25, -0.2) is 0 Å². The predicted octanol–water partition coefficient (Wildman–Crippen LogP) is 7.63. The summed E-state index contributed by atoms with van der Waals surface area (Å²) >= 11 is 10.4. The second kappa shape index (κ2) is 11.3. The van der Waals surface area contributed by atoms with Gasteiger partial charge in [-0.2, -0.15) is 0 Å². The van der Waals surface area contributed by atoms with Gasteiger partial charge in [-0.1, -0.05) is 69.5 Å². The number of thioether (sulfide) groups is 1. The summed E-state index contributed by atoms with van der Waals surface area (Å²) in [5.41, 5.74) is 3.78. The summed E-state index contributed by atoms with van der Waals surface area (Å²) in [6.07, 6.45) is 1.70. The fraction of sp³-hybridized carbons (Fsp3) is 0.185. The molecule has 180 valence electrons. The fourth-order valence-corrected chi connectivity index (χ4v) is 4.83.